The summed E-state index contributed by atoms with van der Waals surface area (Å²) in [6.45, 7) is 2.03. The Kier molecular flexibility index (Phi) is 4.82. The molecular weight excluding hydrogens is 331 g/mol. The number of fused-ring (bicyclic) bond motifs is 1. The number of rotatable bonds is 3. The number of hydrogen-bond donors (Lipinski definition) is 1. The molecule has 136 valence electrons. The molecule has 0 bridgehead atoms. The number of nitrogens with zero attached hydrogens (tertiary/aromatic N) is 3. The van der Waals surface area contributed by atoms with Crippen LogP contribution in [0.1, 0.15) is 59.8 Å². The van der Waals surface area contributed by atoms with Crippen molar-refractivity contribution in [2.24, 2.45) is 0 Å². The quantitative estimate of drug-likeness (QED) is 0.918. The third-order valence-corrected chi connectivity index (χ3v) is 5.22. The second-order valence-corrected chi connectivity index (χ2v) is 7.04. The van der Waals surface area contributed by atoms with Crippen LogP contribution in [0.25, 0.3) is 0 Å². The molecule has 5 nitrogen and oxygen atoms in total. The molecule has 1 aliphatic heterocycles. The van der Waals surface area contributed by atoms with Gasteiger partial charge in [0.1, 0.15) is 5.82 Å². The maximum absolute atomic E-state index is 13.0. The molecule has 0 unspecified atom stereocenters. The number of amides is 1. The topological polar surface area (TPSA) is 58.1 Å². The average Bonchev–Trinajstić information content (AvgIpc) is 2.69. The minimum Gasteiger partial charge on any atom is -0.345 e. The lowest BCUT2D eigenvalue weighted by molar-refractivity contribution is 0.0932. The number of piperidine rings is 1. The molecule has 4 rings (SSSR count). The summed E-state index contributed by atoms with van der Waals surface area (Å²) in [5.74, 6) is 0.278. The highest BCUT2D eigenvalue weighted by Gasteiger charge is 2.25. The fourth-order valence-corrected chi connectivity index (χ4v) is 3.78. The normalized spacial score (nSPS) is 19.7. The highest BCUT2D eigenvalue weighted by atomic mass is 19.1. The molecule has 1 saturated heterocycles. The van der Waals surface area contributed by atoms with Gasteiger partial charge in [0.2, 0.25) is 5.95 Å². The molecule has 0 radical (unpaired) electrons. The summed E-state index contributed by atoms with van der Waals surface area (Å²) >= 11 is 0. The first-order valence-electron chi connectivity index (χ1n) is 9.38. The smallest absolute Gasteiger partial charge is 0.251 e. The third-order valence-electron chi connectivity index (χ3n) is 5.22. The van der Waals surface area contributed by atoms with Crippen LogP contribution in [0.2, 0.25) is 0 Å². The molecule has 2 aliphatic rings. The molecule has 2 aromatic rings. The summed E-state index contributed by atoms with van der Waals surface area (Å²) in [4.78, 5) is 24.1. The summed E-state index contributed by atoms with van der Waals surface area (Å²) in [6, 6.07) is 5.52. The maximum atomic E-state index is 13.0. The van der Waals surface area contributed by atoms with Crippen LogP contribution in [-0.2, 0) is 6.42 Å². The average molecular weight is 354 g/mol. The van der Waals surface area contributed by atoms with Crippen molar-refractivity contribution >= 4 is 11.9 Å². The molecule has 6 heteroatoms. The summed E-state index contributed by atoms with van der Waals surface area (Å²) < 4.78 is 13.0. The molecule has 1 N–H and O–H groups in total. The van der Waals surface area contributed by atoms with Crippen LogP contribution >= 0.6 is 0 Å². The highest BCUT2D eigenvalue weighted by Crippen LogP contribution is 2.30. The van der Waals surface area contributed by atoms with E-state index in [4.69, 9.17) is 4.98 Å². The molecule has 26 heavy (non-hydrogen) atoms. The highest BCUT2D eigenvalue weighted by molar-refractivity contribution is 5.94. The Hall–Kier alpha value is -2.50. The monoisotopic (exact) mass is 354 g/mol. The standard InChI is InChI=1S/C20H23FN4O/c21-15-9-7-14(8-10-15)19(26)23-17-5-4-6-18-16(17)13-22-20(24-18)25-11-2-1-3-12-25/h7-10,13,17H,1-6,11-12H2,(H,23,26)/t17-/m0/s1. The Labute approximate surface area is 152 Å². The van der Waals surface area contributed by atoms with E-state index < -0.39 is 0 Å². The molecule has 0 saturated carbocycles. The van der Waals surface area contributed by atoms with Gasteiger partial charge in [0, 0.05) is 30.4 Å². The van der Waals surface area contributed by atoms with E-state index in [9.17, 15) is 9.18 Å². The van der Waals surface area contributed by atoms with Crippen LogP contribution in [-0.4, -0.2) is 29.0 Å². The third kappa shape index (κ3) is 3.54. The maximum Gasteiger partial charge on any atom is 0.251 e. The van der Waals surface area contributed by atoms with Gasteiger partial charge in [-0.1, -0.05) is 0 Å². The Morgan fingerprint density at radius 2 is 1.88 bits per heavy atom. The van der Waals surface area contributed by atoms with Crippen LogP contribution < -0.4 is 10.2 Å². The summed E-state index contributed by atoms with van der Waals surface area (Å²) in [6.07, 6.45) is 8.30. The summed E-state index contributed by atoms with van der Waals surface area (Å²) in [7, 11) is 0. The van der Waals surface area contributed by atoms with Crippen LogP contribution in [0.3, 0.4) is 0 Å². The van der Waals surface area contributed by atoms with E-state index in [1.54, 1.807) is 0 Å². The van der Waals surface area contributed by atoms with E-state index in [0.717, 1.165) is 49.6 Å². The molecule has 1 fully saturated rings. The van der Waals surface area contributed by atoms with Gasteiger partial charge >= 0.3 is 0 Å². The molecule has 1 aliphatic carbocycles. The van der Waals surface area contributed by atoms with Gasteiger partial charge in [-0.05, 0) is 62.8 Å². The second-order valence-electron chi connectivity index (χ2n) is 7.04. The van der Waals surface area contributed by atoms with Gasteiger partial charge in [-0.2, -0.15) is 0 Å². The Balaban J connectivity index is 1.51. The molecule has 1 atom stereocenters. The zero-order valence-electron chi connectivity index (χ0n) is 14.7. The van der Waals surface area contributed by atoms with Gasteiger partial charge in [0.25, 0.3) is 5.91 Å². The number of benzene rings is 1. The SMILES string of the molecule is O=C(N[C@H]1CCCc2nc(N3CCCCC3)ncc21)c1ccc(F)cc1. The number of aromatic nitrogens is 2. The van der Waals surface area contributed by atoms with E-state index in [0.29, 0.717) is 5.56 Å². The van der Waals surface area contributed by atoms with Crippen LogP contribution in [0.15, 0.2) is 30.5 Å². The van der Waals surface area contributed by atoms with Gasteiger partial charge in [0.05, 0.1) is 11.7 Å². The van der Waals surface area contributed by atoms with Crippen molar-refractivity contribution in [2.75, 3.05) is 18.0 Å². The first-order valence-corrected chi connectivity index (χ1v) is 9.38. The van der Waals surface area contributed by atoms with E-state index in [2.05, 4.69) is 15.2 Å². The second kappa shape index (κ2) is 7.40. The predicted octanol–water partition coefficient (Wildman–Crippen LogP) is 3.41. The number of aryl methyl sites for hydroxylation is 1. The predicted molar refractivity (Wildman–Crippen MR) is 97.6 cm³/mol. The van der Waals surface area contributed by atoms with Crippen molar-refractivity contribution in [3.63, 3.8) is 0 Å². The zero-order valence-corrected chi connectivity index (χ0v) is 14.7. The summed E-state index contributed by atoms with van der Waals surface area (Å²) in [5, 5.41) is 3.05. The van der Waals surface area contributed by atoms with Crippen molar-refractivity contribution in [1.82, 2.24) is 15.3 Å². The van der Waals surface area contributed by atoms with E-state index in [-0.39, 0.29) is 17.8 Å². The zero-order chi connectivity index (χ0) is 17.9. The number of anilines is 1. The van der Waals surface area contributed by atoms with Gasteiger partial charge in [-0.15, -0.1) is 0 Å². The number of halogens is 1. The molecule has 1 aromatic carbocycles. The van der Waals surface area contributed by atoms with Crippen LogP contribution in [0.5, 0.6) is 0 Å². The van der Waals surface area contributed by atoms with Crippen molar-refractivity contribution in [1.29, 1.82) is 0 Å². The van der Waals surface area contributed by atoms with Crippen molar-refractivity contribution < 1.29 is 9.18 Å². The van der Waals surface area contributed by atoms with Gasteiger partial charge < -0.3 is 10.2 Å². The Morgan fingerprint density at radius 1 is 1.12 bits per heavy atom. The molecule has 2 heterocycles. The molecule has 1 amide bonds. The lowest BCUT2D eigenvalue weighted by atomic mass is 9.92. The number of carbonyl (C=O) groups is 1. The lowest BCUT2D eigenvalue weighted by Crippen LogP contribution is -2.34. The fraction of sp³-hybridized carbons (Fsp3) is 0.450. The largest absolute Gasteiger partial charge is 0.345 e. The number of carbonyl (C=O) groups excluding carboxylic acids is 1. The van der Waals surface area contributed by atoms with Crippen LogP contribution in [0.4, 0.5) is 10.3 Å². The molecule has 0 spiro atoms. The van der Waals surface area contributed by atoms with E-state index >= 15 is 0 Å². The van der Waals surface area contributed by atoms with Crippen LogP contribution in [0, 0.1) is 5.82 Å². The first-order chi connectivity index (χ1) is 12.7. The van der Waals surface area contributed by atoms with Crippen molar-refractivity contribution in [2.45, 2.75) is 44.6 Å². The van der Waals surface area contributed by atoms with Gasteiger partial charge in [0.15, 0.2) is 0 Å². The van der Waals surface area contributed by atoms with Crippen molar-refractivity contribution in [3.05, 3.63) is 53.1 Å². The van der Waals surface area contributed by atoms with E-state index in [1.165, 1.54) is 43.5 Å². The Morgan fingerprint density at radius 3 is 2.65 bits per heavy atom. The van der Waals surface area contributed by atoms with Crippen molar-refractivity contribution in [3.8, 4) is 0 Å². The fourth-order valence-electron chi connectivity index (χ4n) is 3.78. The molecule has 1 aromatic heterocycles. The van der Waals surface area contributed by atoms with Gasteiger partial charge in [-0.3, -0.25) is 4.79 Å². The van der Waals surface area contributed by atoms with Gasteiger partial charge in [-0.25, -0.2) is 14.4 Å². The molecular formula is C20H23FN4O. The number of hydrogen-bond acceptors (Lipinski definition) is 4. The van der Waals surface area contributed by atoms with E-state index in [1.807, 2.05) is 6.20 Å². The minimum atomic E-state index is -0.344. The summed E-state index contributed by atoms with van der Waals surface area (Å²) in [5.41, 5.74) is 2.51. The lowest BCUT2D eigenvalue weighted by Gasteiger charge is -2.29. The number of nitrogens with one attached hydrogen (secondary N) is 1. The first kappa shape index (κ1) is 16.9. The minimum absolute atomic E-state index is 0.0910. The Bertz CT molecular complexity index is 787.